The van der Waals surface area contributed by atoms with Crippen LogP contribution in [0.2, 0.25) is 0 Å². The van der Waals surface area contributed by atoms with Crippen molar-refractivity contribution >= 4 is 17.0 Å². The minimum atomic E-state index is 0. The van der Waals surface area contributed by atoms with Crippen LogP contribution in [0.3, 0.4) is 0 Å². The Bertz CT molecular complexity index is 173. The zero-order chi connectivity index (χ0) is 9.68. The van der Waals surface area contributed by atoms with Crippen LogP contribution in [-0.4, -0.2) is 29.2 Å². The Morgan fingerprint density at radius 3 is 2.64 bits per heavy atom. The van der Waals surface area contributed by atoms with Crippen LogP contribution < -0.4 is 5.73 Å². The summed E-state index contributed by atoms with van der Waals surface area (Å²) in [5, 5.41) is 0. The maximum atomic E-state index is 5.92. The molecular formula is C10H22BrN3. The van der Waals surface area contributed by atoms with Crippen LogP contribution in [0.25, 0.3) is 0 Å². The van der Waals surface area contributed by atoms with Gasteiger partial charge >= 0.3 is 0 Å². The van der Waals surface area contributed by atoms with Crippen molar-refractivity contribution in [2.75, 3.05) is 13.2 Å². The Balaban J connectivity index is 0.00000169. The molecule has 84 valence electrons. The van der Waals surface area contributed by atoms with Gasteiger partial charge in [-0.05, 0) is 12.8 Å². The van der Waals surface area contributed by atoms with E-state index in [-0.39, 0.29) is 23.1 Å². The van der Waals surface area contributed by atoms with Crippen LogP contribution in [0.15, 0.2) is 12.4 Å². The molecule has 1 rings (SSSR count). The highest BCUT2D eigenvalue weighted by Crippen LogP contribution is 2.10. The maximum Gasteiger partial charge on any atom is 0.0908 e. The summed E-state index contributed by atoms with van der Waals surface area (Å²) in [5.41, 5.74) is 5.92. The quantitative estimate of drug-likeness (QED) is 0.825. The van der Waals surface area contributed by atoms with Gasteiger partial charge in [0.05, 0.1) is 12.8 Å². The van der Waals surface area contributed by atoms with E-state index in [0.29, 0.717) is 0 Å². The summed E-state index contributed by atoms with van der Waals surface area (Å²) in [5.74, 6) is 0. The molecule has 0 spiro atoms. The summed E-state index contributed by atoms with van der Waals surface area (Å²) in [4.78, 5) is 4.51. The lowest BCUT2D eigenvalue weighted by molar-refractivity contribution is 0.209. The first kappa shape index (κ1) is 13.8. The van der Waals surface area contributed by atoms with E-state index in [0.717, 1.165) is 19.6 Å². The summed E-state index contributed by atoms with van der Waals surface area (Å²) in [6.45, 7) is 6.46. The molecule has 1 unspecified atom stereocenters. The standard InChI is InChI=1S/C10H21N3.BrH/c1-3-5-6-12-7-8-13(9-12)10(11)4-2;/h7-8,10H,3-6,9,11H2,1-2H3;1H. The monoisotopic (exact) mass is 263 g/mol. The van der Waals surface area contributed by atoms with Gasteiger partial charge in [-0.1, -0.05) is 20.3 Å². The first-order valence-corrected chi connectivity index (χ1v) is 5.21. The highest BCUT2D eigenvalue weighted by molar-refractivity contribution is 8.93. The Morgan fingerprint density at radius 1 is 1.36 bits per heavy atom. The van der Waals surface area contributed by atoms with Gasteiger partial charge in [-0.25, -0.2) is 0 Å². The number of rotatable bonds is 5. The molecule has 1 aliphatic rings. The van der Waals surface area contributed by atoms with Gasteiger partial charge < -0.3 is 15.5 Å². The van der Waals surface area contributed by atoms with E-state index in [2.05, 4.69) is 36.0 Å². The average molecular weight is 264 g/mol. The topological polar surface area (TPSA) is 32.5 Å². The van der Waals surface area contributed by atoms with Crippen LogP contribution >= 0.6 is 17.0 Å². The zero-order valence-corrected chi connectivity index (χ0v) is 10.9. The number of hydrogen-bond donors (Lipinski definition) is 1. The van der Waals surface area contributed by atoms with Crippen molar-refractivity contribution in [1.29, 1.82) is 0 Å². The maximum absolute atomic E-state index is 5.92. The van der Waals surface area contributed by atoms with Crippen molar-refractivity contribution in [2.24, 2.45) is 5.73 Å². The minimum Gasteiger partial charge on any atom is -0.359 e. The van der Waals surface area contributed by atoms with Crippen molar-refractivity contribution in [3.63, 3.8) is 0 Å². The van der Waals surface area contributed by atoms with Gasteiger partial charge in [-0.2, -0.15) is 0 Å². The molecule has 2 N–H and O–H groups in total. The molecule has 1 atom stereocenters. The summed E-state index contributed by atoms with van der Waals surface area (Å²) in [6.07, 6.45) is 7.95. The van der Waals surface area contributed by atoms with Crippen LogP contribution in [0.1, 0.15) is 33.1 Å². The second-order valence-electron chi connectivity index (χ2n) is 3.60. The van der Waals surface area contributed by atoms with Crippen LogP contribution in [0.4, 0.5) is 0 Å². The molecule has 1 aliphatic heterocycles. The predicted octanol–water partition coefficient (Wildman–Crippen LogP) is 2.11. The Morgan fingerprint density at radius 2 is 2.07 bits per heavy atom. The molecule has 0 bridgehead atoms. The van der Waals surface area contributed by atoms with Crippen LogP contribution in [-0.2, 0) is 0 Å². The van der Waals surface area contributed by atoms with Gasteiger partial charge in [0.1, 0.15) is 0 Å². The first-order chi connectivity index (χ1) is 6.27. The third kappa shape index (κ3) is 3.88. The lowest BCUT2D eigenvalue weighted by Crippen LogP contribution is -2.39. The number of halogens is 1. The van der Waals surface area contributed by atoms with E-state index >= 15 is 0 Å². The molecular weight excluding hydrogens is 242 g/mol. The molecule has 0 radical (unpaired) electrons. The second-order valence-corrected chi connectivity index (χ2v) is 3.60. The normalized spacial score (nSPS) is 17.1. The van der Waals surface area contributed by atoms with Crippen LogP contribution in [0.5, 0.6) is 0 Å². The fraction of sp³-hybridized carbons (Fsp3) is 0.800. The minimum absolute atomic E-state index is 0. The highest BCUT2D eigenvalue weighted by atomic mass is 79.9. The zero-order valence-electron chi connectivity index (χ0n) is 9.15. The number of unbranched alkanes of at least 4 members (excludes halogenated alkanes) is 1. The molecule has 0 fully saturated rings. The Hall–Kier alpha value is -0.220. The Kier molecular flexibility index (Phi) is 7.01. The van der Waals surface area contributed by atoms with E-state index in [4.69, 9.17) is 5.73 Å². The molecule has 3 nitrogen and oxygen atoms in total. The molecule has 0 aliphatic carbocycles. The molecule has 0 aromatic heterocycles. The fourth-order valence-electron chi connectivity index (χ4n) is 1.44. The van der Waals surface area contributed by atoms with Gasteiger partial charge in [-0.3, -0.25) is 0 Å². The molecule has 14 heavy (non-hydrogen) atoms. The van der Waals surface area contributed by atoms with Gasteiger partial charge in [0, 0.05) is 18.9 Å². The van der Waals surface area contributed by atoms with E-state index in [9.17, 15) is 0 Å². The molecule has 0 aromatic carbocycles. The van der Waals surface area contributed by atoms with Crippen molar-refractivity contribution in [3.05, 3.63) is 12.4 Å². The van der Waals surface area contributed by atoms with Gasteiger partial charge in [0.2, 0.25) is 0 Å². The van der Waals surface area contributed by atoms with E-state index in [1.54, 1.807) is 0 Å². The van der Waals surface area contributed by atoms with Crippen molar-refractivity contribution in [1.82, 2.24) is 9.80 Å². The lowest BCUT2D eigenvalue weighted by Gasteiger charge is -2.25. The largest absolute Gasteiger partial charge is 0.359 e. The predicted molar refractivity (Wildman–Crippen MR) is 66.0 cm³/mol. The first-order valence-electron chi connectivity index (χ1n) is 5.21. The third-order valence-corrected chi connectivity index (χ3v) is 2.46. The van der Waals surface area contributed by atoms with Crippen molar-refractivity contribution < 1.29 is 0 Å². The summed E-state index contributed by atoms with van der Waals surface area (Å²) >= 11 is 0. The highest BCUT2D eigenvalue weighted by Gasteiger charge is 2.15. The van der Waals surface area contributed by atoms with E-state index in [1.807, 2.05) is 0 Å². The molecule has 4 heteroatoms. The van der Waals surface area contributed by atoms with Gasteiger partial charge in [0.25, 0.3) is 0 Å². The lowest BCUT2D eigenvalue weighted by atomic mass is 10.3. The number of nitrogens with two attached hydrogens (primary N) is 1. The van der Waals surface area contributed by atoms with Crippen molar-refractivity contribution in [3.8, 4) is 0 Å². The molecule has 1 heterocycles. The summed E-state index contributed by atoms with van der Waals surface area (Å²) < 4.78 is 0. The molecule has 0 amide bonds. The molecule has 0 saturated carbocycles. The molecule has 0 saturated heterocycles. The SMILES string of the molecule is Br.CCCCN1C=CN(C(N)CC)C1. The summed E-state index contributed by atoms with van der Waals surface area (Å²) in [6, 6.07) is 0. The Labute approximate surface area is 97.7 Å². The summed E-state index contributed by atoms with van der Waals surface area (Å²) in [7, 11) is 0. The second kappa shape index (κ2) is 7.12. The third-order valence-electron chi connectivity index (χ3n) is 2.46. The van der Waals surface area contributed by atoms with E-state index < -0.39 is 0 Å². The van der Waals surface area contributed by atoms with Gasteiger partial charge in [0.15, 0.2) is 0 Å². The molecule has 0 aromatic rings. The van der Waals surface area contributed by atoms with Crippen LogP contribution in [0, 0.1) is 0 Å². The van der Waals surface area contributed by atoms with Gasteiger partial charge in [-0.15, -0.1) is 17.0 Å². The van der Waals surface area contributed by atoms with Crippen molar-refractivity contribution in [2.45, 2.75) is 39.3 Å². The average Bonchev–Trinajstić information content (AvgIpc) is 2.62. The van der Waals surface area contributed by atoms with E-state index in [1.165, 1.54) is 12.8 Å². The smallest absolute Gasteiger partial charge is 0.0908 e. The fourth-order valence-corrected chi connectivity index (χ4v) is 1.44. The number of nitrogens with zero attached hydrogens (tertiary/aromatic N) is 2. The number of hydrogen-bond acceptors (Lipinski definition) is 3.